The van der Waals surface area contributed by atoms with Crippen LogP contribution in [0.3, 0.4) is 0 Å². The van der Waals surface area contributed by atoms with E-state index in [0.717, 1.165) is 16.5 Å². The van der Waals surface area contributed by atoms with Crippen molar-refractivity contribution in [1.29, 1.82) is 0 Å². The monoisotopic (exact) mass is 290 g/mol. The Morgan fingerprint density at radius 2 is 1.74 bits per heavy atom. The fraction of sp³-hybridized carbons (Fsp3) is 0.0667. The summed E-state index contributed by atoms with van der Waals surface area (Å²) in [5.74, 6) is 3.84. The Balaban J connectivity index is 2.09. The lowest BCUT2D eigenvalue weighted by Gasteiger charge is -2.11. The van der Waals surface area contributed by atoms with Crippen LogP contribution in [0.25, 0.3) is 0 Å². The van der Waals surface area contributed by atoms with Crippen LogP contribution in [0.5, 0.6) is 0 Å². The van der Waals surface area contributed by atoms with Gasteiger partial charge in [-0.15, -0.1) is 10.9 Å². The number of hydrogen-bond donors (Lipinski definition) is 2. The third-order valence-corrected chi connectivity index (χ3v) is 3.26. The van der Waals surface area contributed by atoms with Gasteiger partial charge in [0.15, 0.2) is 5.11 Å². The van der Waals surface area contributed by atoms with E-state index in [0.29, 0.717) is 5.02 Å². The maximum Gasteiger partial charge on any atom is 0.164 e. The van der Waals surface area contributed by atoms with E-state index >= 15 is 0 Å². The summed E-state index contributed by atoms with van der Waals surface area (Å²) in [4.78, 5) is 0. The first-order valence-corrected chi connectivity index (χ1v) is 7.19. The van der Waals surface area contributed by atoms with Crippen molar-refractivity contribution in [2.75, 3.05) is 10.6 Å². The van der Waals surface area contributed by atoms with Crippen molar-refractivity contribution < 1.29 is 0 Å². The number of rotatable bonds is 2. The minimum Gasteiger partial charge on any atom is -0.333 e. The highest BCUT2D eigenvalue weighted by Gasteiger charge is 1.99. The summed E-state index contributed by atoms with van der Waals surface area (Å²) in [5, 5.41) is 8.10. The topological polar surface area (TPSA) is 24.1 Å². The highest BCUT2D eigenvalue weighted by molar-refractivity contribution is 7.96. The number of aryl methyl sites for hydroxylation is 1. The molecule has 0 fully saturated rings. The van der Waals surface area contributed by atoms with Gasteiger partial charge in [-0.2, -0.15) is 0 Å². The summed E-state index contributed by atoms with van der Waals surface area (Å²) in [7, 11) is 1.37. The molecule has 4 heteroatoms. The van der Waals surface area contributed by atoms with Crippen LogP contribution in [0, 0.1) is 6.92 Å². The van der Waals surface area contributed by atoms with E-state index in [1.165, 1.54) is 16.5 Å². The molecular weight excluding hydrogens is 276 g/mol. The zero-order valence-corrected chi connectivity index (χ0v) is 12.2. The molecule has 0 amide bonds. The molecule has 19 heavy (non-hydrogen) atoms. The Bertz CT molecular complexity index is 616. The van der Waals surface area contributed by atoms with E-state index in [2.05, 4.69) is 35.6 Å². The van der Waals surface area contributed by atoms with Crippen molar-refractivity contribution in [3.63, 3.8) is 0 Å². The average Bonchev–Trinajstić information content (AvgIpc) is 2.40. The third kappa shape index (κ3) is 4.16. The van der Waals surface area contributed by atoms with Gasteiger partial charge >= 0.3 is 0 Å². The van der Waals surface area contributed by atoms with Crippen LogP contribution in [0.15, 0.2) is 48.5 Å². The van der Waals surface area contributed by atoms with Crippen LogP contribution in [0.4, 0.5) is 11.4 Å². The van der Waals surface area contributed by atoms with Gasteiger partial charge in [0.1, 0.15) is 0 Å². The summed E-state index contributed by atoms with van der Waals surface area (Å²) in [6.07, 6.45) is 0. The first kappa shape index (κ1) is 13.7. The van der Waals surface area contributed by atoms with Crippen LogP contribution in [-0.4, -0.2) is 11.0 Å². The molecule has 0 spiro atoms. The van der Waals surface area contributed by atoms with Gasteiger partial charge in [0, 0.05) is 16.4 Å². The molecule has 0 saturated carbocycles. The molecule has 2 N–H and O–H groups in total. The fourth-order valence-corrected chi connectivity index (χ4v) is 2.14. The standard InChI is InChI=1S/C15H15ClN2S/c1-11-6-8-13(9-7-11)17-15(19-2)18-14-5-3-4-12(16)10-14/h3-10,17-18H,2H2,1H3. The Labute approximate surface area is 122 Å². The number of nitrogens with one attached hydrogen (secondary N) is 2. The molecule has 2 rings (SSSR count). The van der Waals surface area contributed by atoms with Gasteiger partial charge in [0.25, 0.3) is 0 Å². The Morgan fingerprint density at radius 3 is 2.37 bits per heavy atom. The molecule has 2 nitrogen and oxygen atoms in total. The van der Waals surface area contributed by atoms with Gasteiger partial charge in [0.2, 0.25) is 0 Å². The maximum atomic E-state index is 5.96. The summed E-state index contributed by atoms with van der Waals surface area (Å²) in [6, 6.07) is 15.8. The molecule has 0 aliphatic heterocycles. The average molecular weight is 291 g/mol. The minimum absolute atomic E-state index is 0.703. The molecular formula is C15H15ClN2S. The Kier molecular flexibility index (Phi) is 4.66. The highest BCUT2D eigenvalue weighted by Crippen LogP contribution is 2.16. The van der Waals surface area contributed by atoms with Crippen LogP contribution in [-0.2, 0) is 0 Å². The van der Waals surface area contributed by atoms with Crippen molar-refractivity contribution in [2.24, 2.45) is 0 Å². The molecule has 0 bridgehead atoms. The van der Waals surface area contributed by atoms with Crippen LogP contribution in [0.1, 0.15) is 5.56 Å². The molecule has 0 radical (unpaired) electrons. The van der Waals surface area contributed by atoms with Gasteiger partial charge in [-0.3, -0.25) is 0 Å². The van der Waals surface area contributed by atoms with Gasteiger partial charge in [-0.25, -0.2) is 0 Å². The quantitative estimate of drug-likeness (QED) is 0.800. The molecule has 0 heterocycles. The molecule has 0 atom stereocenters. The zero-order valence-electron chi connectivity index (χ0n) is 10.6. The lowest BCUT2D eigenvalue weighted by atomic mass is 10.2. The second kappa shape index (κ2) is 6.45. The minimum atomic E-state index is 0.703. The largest absolute Gasteiger partial charge is 0.333 e. The predicted molar refractivity (Wildman–Crippen MR) is 89.6 cm³/mol. The van der Waals surface area contributed by atoms with Gasteiger partial charge in [-0.1, -0.05) is 35.4 Å². The molecule has 98 valence electrons. The molecule has 0 aliphatic carbocycles. The second-order valence-electron chi connectivity index (χ2n) is 4.10. The van der Waals surface area contributed by atoms with Crippen LogP contribution < -0.4 is 10.6 Å². The summed E-state index contributed by atoms with van der Waals surface area (Å²) in [6.45, 7) is 2.06. The van der Waals surface area contributed by atoms with Gasteiger partial charge < -0.3 is 10.6 Å². The lowest BCUT2D eigenvalue weighted by molar-refractivity contribution is 1.47. The number of benzene rings is 2. The number of hydrogen-bond acceptors (Lipinski definition) is 0. The Hall–Kier alpha value is -1.71. The van der Waals surface area contributed by atoms with Gasteiger partial charge in [-0.05, 0) is 43.1 Å². The van der Waals surface area contributed by atoms with E-state index in [1.54, 1.807) is 0 Å². The molecule has 0 unspecified atom stereocenters. The lowest BCUT2D eigenvalue weighted by Crippen LogP contribution is -2.19. The molecule has 2 aromatic rings. The van der Waals surface area contributed by atoms with E-state index in [9.17, 15) is 0 Å². The van der Waals surface area contributed by atoms with Crippen molar-refractivity contribution in [3.05, 3.63) is 59.1 Å². The summed E-state index contributed by atoms with van der Waals surface area (Å²) < 4.78 is 0. The predicted octanol–water partition coefficient (Wildman–Crippen LogP) is 4.43. The van der Waals surface area contributed by atoms with E-state index in [-0.39, 0.29) is 0 Å². The first-order valence-electron chi connectivity index (χ1n) is 5.82. The Morgan fingerprint density at radius 1 is 1.05 bits per heavy atom. The van der Waals surface area contributed by atoms with E-state index in [1.807, 2.05) is 36.4 Å². The fourth-order valence-electron chi connectivity index (χ4n) is 1.57. The van der Waals surface area contributed by atoms with E-state index < -0.39 is 0 Å². The molecule has 0 aromatic heterocycles. The maximum absolute atomic E-state index is 5.96. The van der Waals surface area contributed by atoms with Crippen molar-refractivity contribution in [2.45, 2.75) is 6.92 Å². The second-order valence-corrected chi connectivity index (χ2v) is 5.23. The zero-order chi connectivity index (χ0) is 13.7. The highest BCUT2D eigenvalue weighted by atomic mass is 35.5. The van der Waals surface area contributed by atoms with Crippen molar-refractivity contribution >= 4 is 44.9 Å². The van der Waals surface area contributed by atoms with Gasteiger partial charge in [0.05, 0.1) is 0 Å². The third-order valence-electron chi connectivity index (χ3n) is 2.54. The summed E-state index contributed by atoms with van der Waals surface area (Å²) in [5.41, 5.74) is 3.18. The SMILES string of the molecule is C=S=C(Nc1ccc(C)cc1)Nc1cccc(Cl)c1. The van der Waals surface area contributed by atoms with Crippen LogP contribution >= 0.6 is 22.5 Å². The normalized spacial score (nSPS) is 9.79. The molecule has 2 aromatic carbocycles. The smallest absolute Gasteiger partial charge is 0.164 e. The number of anilines is 2. The van der Waals surface area contributed by atoms with Crippen molar-refractivity contribution in [1.82, 2.24) is 0 Å². The van der Waals surface area contributed by atoms with E-state index in [4.69, 9.17) is 11.6 Å². The first-order chi connectivity index (χ1) is 9.17. The molecule has 0 aliphatic rings. The number of halogens is 1. The van der Waals surface area contributed by atoms with Crippen LogP contribution in [0.2, 0.25) is 5.02 Å². The van der Waals surface area contributed by atoms with Crippen molar-refractivity contribution in [3.8, 4) is 0 Å². The molecule has 0 saturated heterocycles. The summed E-state index contributed by atoms with van der Waals surface area (Å²) >= 11 is 5.96.